The van der Waals surface area contributed by atoms with Crippen LogP contribution in [0, 0.1) is 6.92 Å². The highest BCUT2D eigenvalue weighted by molar-refractivity contribution is 7.93. The number of rotatable bonds is 7. The van der Waals surface area contributed by atoms with Crippen molar-refractivity contribution in [1.82, 2.24) is 4.90 Å². The van der Waals surface area contributed by atoms with Crippen molar-refractivity contribution >= 4 is 15.7 Å². The van der Waals surface area contributed by atoms with Crippen molar-refractivity contribution in [3.8, 4) is 5.75 Å². The first-order valence-electron chi connectivity index (χ1n) is 13.5. The minimum atomic E-state index is -3.73. The van der Waals surface area contributed by atoms with Gasteiger partial charge in [0.05, 0.1) is 17.7 Å². The Morgan fingerprint density at radius 1 is 0.811 bits per heavy atom. The molecule has 1 aliphatic carbocycles. The maximum atomic E-state index is 14.1. The van der Waals surface area contributed by atoms with Crippen molar-refractivity contribution < 1.29 is 13.2 Å². The van der Waals surface area contributed by atoms with E-state index in [0.29, 0.717) is 22.5 Å². The summed E-state index contributed by atoms with van der Waals surface area (Å²) < 4.78 is 35.2. The van der Waals surface area contributed by atoms with E-state index in [0.717, 1.165) is 37.2 Å². The molecule has 0 spiro atoms. The number of sulfonamides is 1. The van der Waals surface area contributed by atoms with E-state index in [1.165, 1.54) is 31.2 Å². The third kappa shape index (κ3) is 5.41. The summed E-state index contributed by atoms with van der Waals surface area (Å²) in [5.41, 5.74) is 2.91. The van der Waals surface area contributed by atoms with Crippen LogP contribution in [-0.4, -0.2) is 45.6 Å². The van der Waals surface area contributed by atoms with Crippen LogP contribution >= 0.6 is 0 Å². The minimum Gasteiger partial charge on any atom is -0.497 e. The van der Waals surface area contributed by atoms with E-state index in [4.69, 9.17) is 4.74 Å². The van der Waals surface area contributed by atoms with Gasteiger partial charge in [0.2, 0.25) is 0 Å². The van der Waals surface area contributed by atoms with Crippen LogP contribution in [0.25, 0.3) is 0 Å². The zero-order chi connectivity index (χ0) is 25.8. The molecular formula is C31H38N2O3S. The molecule has 196 valence electrons. The number of ether oxygens (including phenoxy) is 1. The van der Waals surface area contributed by atoms with Crippen molar-refractivity contribution in [2.75, 3.05) is 24.5 Å². The number of methoxy groups -OCH3 is 1. The quantitative estimate of drug-likeness (QED) is 0.364. The molecule has 1 saturated heterocycles. The van der Waals surface area contributed by atoms with Gasteiger partial charge >= 0.3 is 0 Å². The summed E-state index contributed by atoms with van der Waals surface area (Å²) in [6, 6.07) is 26.1. The SMILES string of the molecule is COc1ccc(N(C2CCN([C@@H]3CCCC[C@@H]3c3ccccc3)CC2)S(=O)(=O)c2ccccc2C)cc1. The van der Waals surface area contributed by atoms with Crippen molar-refractivity contribution in [2.45, 2.75) is 68.3 Å². The van der Waals surface area contributed by atoms with Crippen LogP contribution in [0.4, 0.5) is 5.69 Å². The fourth-order valence-corrected chi connectivity index (χ4v) is 8.26. The Labute approximate surface area is 222 Å². The first-order valence-corrected chi connectivity index (χ1v) is 15.0. The van der Waals surface area contributed by atoms with Gasteiger partial charge in [-0.25, -0.2) is 8.42 Å². The van der Waals surface area contributed by atoms with E-state index in [1.54, 1.807) is 17.5 Å². The van der Waals surface area contributed by atoms with E-state index < -0.39 is 10.0 Å². The highest BCUT2D eigenvalue weighted by Gasteiger charge is 2.38. The molecule has 0 aromatic heterocycles. The summed E-state index contributed by atoms with van der Waals surface area (Å²) >= 11 is 0. The second kappa shape index (κ2) is 11.3. The predicted molar refractivity (Wildman–Crippen MR) is 150 cm³/mol. The van der Waals surface area contributed by atoms with E-state index in [-0.39, 0.29) is 6.04 Å². The molecule has 1 saturated carbocycles. The first kappa shape index (κ1) is 25.8. The fourth-order valence-electron chi connectivity index (χ4n) is 6.32. The van der Waals surface area contributed by atoms with Crippen LogP contribution in [0.15, 0.2) is 83.8 Å². The van der Waals surface area contributed by atoms with Gasteiger partial charge < -0.3 is 4.74 Å². The molecular weight excluding hydrogens is 480 g/mol. The van der Waals surface area contributed by atoms with Gasteiger partial charge in [-0.3, -0.25) is 9.21 Å². The maximum absolute atomic E-state index is 14.1. The third-order valence-corrected chi connectivity index (χ3v) is 10.3. The average molecular weight is 519 g/mol. The Bertz CT molecular complexity index is 1270. The van der Waals surface area contributed by atoms with E-state index in [2.05, 4.69) is 35.2 Å². The molecule has 3 aromatic carbocycles. The Kier molecular flexibility index (Phi) is 7.87. The first-order chi connectivity index (χ1) is 18.0. The lowest BCUT2D eigenvalue weighted by molar-refractivity contribution is 0.107. The number of nitrogens with zero attached hydrogens (tertiary/aromatic N) is 2. The van der Waals surface area contributed by atoms with Crippen LogP contribution in [-0.2, 0) is 10.0 Å². The van der Waals surface area contributed by atoms with E-state index in [9.17, 15) is 8.42 Å². The number of benzene rings is 3. The van der Waals surface area contributed by atoms with Gasteiger partial charge in [-0.15, -0.1) is 0 Å². The molecule has 2 fully saturated rings. The molecule has 0 N–H and O–H groups in total. The number of hydrogen-bond acceptors (Lipinski definition) is 4. The summed E-state index contributed by atoms with van der Waals surface area (Å²) in [5.74, 6) is 1.27. The second-order valence-electron chi connectivity index (χ2n) is 10.4. The van der Waals surface area contributed by atoms with Crippen molar-refractivity contribution in [1.29, 1.82) is 0 Å². The Balaban J connectivity index is 1.40. The normalized spacial score (nSPS) is 21.5. The van der Waals surface area contributed by atoms with Crippen LogP contribution in [0.3, 0.4) is 0 Å². The molecule has 0 radical (unpaired) electrons. The molecule has 2 aliphatic rings. The lowest BCUT2D eigenvalue weighted by Gasteiger charge is -2.45. The molecule has 1 heterocycles. The molecule has 37 heavy (non-hydrogen) atoms. The molecule has 5 nitrogen and oxygen atoms in total. The predicted octanol–water partition coefficient (Wildman–Crippen LogP) is 6.39. The number of aryl methyl sites for hydroxylation is 1. The van der Waals surface area contributed by atoms with E-state index in [1.807, 2.05) is 49.4 Å². The number of anilines is 1. The summed E-state index contributed by atoms with van der Waals surface area (Å²) in [6.45, 7) is 3.69. The molecule has 5 rings (SSSR count). The molecule has 0 bridgehead atoms. The van der Waals surface area contributed by atoms with Crippen molar-refractivity contribution in [2.24, 2.45) is 0 Å². The fraction of sp³-hybridized carbons (Fsp3) is 0.419. The third-order valence-electron chi connectivity index (χ3n) is 8.21. The van der Waals surface area contributed by atoms with Crippen LogP contribution in [0.2, 0.25) is 0 Å². The van der Waals surface area contributed by atoms with Crippen LogP contribution < -0.4 is 9.04 Å². The molecule has 3 aromatic rings. The van der Waals surface area contributed by atoms with E-state index >= 15 is 0 Å². The van der Waals surface area contributed by atoms with Gasteiger partial charge in [-0.2, -0.15) is 0 Å². The Morgan fingerprint density at radius 3 is 2.14 bits per heavy atom. The Hall–Kier alpha value is -2.83. The molecule has 2 atom stereocenters. The van der Waals surface area contributed by atoms with Crippen molar-refractivity contribution in [3.05, 3.63) is 90.0 Å². The second-order valence-corrected chi connectivity index (χ2v) is 12.2. The number of hydrogen-bond donors (Lipinski definition) is 0. The summed E-state index contributed by atoms with van der Waals surface area (Å²) in [5, 5.41) is 0. The van der Waals surface area contributed by atoms with Gasteiger partial charge in [0, 0.05) is 25.2 Å². The number of piperidine rings is 1. The molecule has 0 amide bonds. The largest absolute Gasteiger partial charge is 0.497 e. The molecule has 6 heteroatoms. The average Bonchev–Trinajstić information content (AvgIpc) is 2.94. The van der Waals surface area contributed by atoms with Crippen LogP contribution in [0.1, 0.15) is 55.6 Å². The minimum absolute atomic E-state index is 0.0898. The highest BCUT2D eigenvalue weighted by Crippen LogP contribution is 2.39. The summed E-state index contributed by atoms with van der Waals surface area (Å²) in [6.07, 6.45) is 6.63. The number of likely N-dealkylation sites (tertiary alicyclic amines) is 1. The lowest BCUT2D eigenvalue weighted by atomic mass is 9.78. The van der Waals surface area contributed by atoms with Gasteiger partial charge in [0.1, 0.15) is 5.75 Å². The van der Waals surface area contributed by atoms with Gasteiger partial charge in [0.15, 0.2) is 0 Å². The zero-order valence-electron chi connectivity index (χ0n) is 21.9. The highest BCUT2D eigenvalue weighted by atomic mass is 32.2. The molecule has 0 unspecified atom stereocenters. The van der Waals surface area contributed by atoms with Gasteiger partial charge in [0.25, 0.3) is 10.0 Å². The van der Waals surface area contributed by atoms with Crippen LogP contribution in [0.5, 0.6) is 5.75 Å². The molecule has 1 aliphatic heterocycles. The van der Waals surface area contributed by atoms with Crippen molar-refractivity contribution in [3.63, 3.8) is 0 Å². The summed E-state index contributed by atoms with van der Waals surface area (Å²) in [4.78, 5) is 3.02. The summed E-state index contributed by atoms with van der Waals surface area (Å²) in [7, 11) is -2.10. The maximum Gasteiger partial charge on any atom is 0.264 e. The lowest BCUT2D eigenvalue weighted by Crippen LogP contribution is -2.51. The van der Waals surface area contributed by atoms with Gasteiger partial charge in [-0.05, 0) is 80.0 Å². The topological polar surface area (TPSA) is 49.9 Å². The Morgan fingerprint density at radius 2 is 1.46 bits per heavy atom. The smallest absolute Gasteiger partial charge is 0.264 e. The van der Waals surface area contributed by atoms with Gasteiger partial charge in [-0.1, -0.05) is 61.4 Å². The monoisotopic (exact) mass is 518 g/mol. The standard InChI is InChI=1S/C31H38N2O3S/c1-24-10-6-9-15-31(24)37(34,35)33(26-16-18-28(36-2)19-17-26)27-20-22-32(23-21-27)30-14-8-7-13-29(30)25-11-4-3-5-12-25/h3-6,9-12,15-19,27,29-30H,7-8,13-14,20-23H2,1-2H3/t29-,30-/m1/s1. The zero-order valence-corrected chi connectivity index (χ0v) is 22.7.